The number of aryl methyl sites for hydroxylation is 1. The molecule has 0 spiro atoms. The minimum absolute atomic E-state index is 0.139. The number of anilines is 1. The van der Waals surface area contributed by atoms with Crippen LogP contribution in [0.15, 0.2) is 16.7 Å². The van der Waals surface area contributed by atoms with E-state index in [2.05, 4.69) is 20.8 Å². The maximum absolute atomic E-state index is 12.2. The maximum atomic E-state index is 12.2. The smallest absolute Gasteiger partial charge is 0.318 e. The van der Waals surface area contributed by atoms with Gasteiger partial charge in [0, 0.05) is 17.7 Å². The molecular weight excluding hydrogens is 286 g/mol. The molecule has 3 N–H and O–H groups in total. The van der Waals surface area contributed by atoms with Crippen molar-refractivity contribution in [3.8, 4) is 0 Å². The number of amides is 3. The Labute approximate surface area is 126 Å². The van der Waals surface area contributed by atoms with E-state index in [4.69, 9.17) is 4.42 Å². The summed E-state index contributed by atoms with van der Waals surface area (Å²) < 4.78 is 5.16. The Hall–Kier alpha value is -2.77. The highest BCUT2D eigenvalue weighted by atomic mass is 16.3. The normalized spacial score (nSPS) is 13.1. The number of furan rings is 1. The van der Waals surface area contributed by atoms with Crippen LogP contribution in [0.1, 0.15) is 34.3 Å². The first-order chi connectivity index (χ1) is 10.6. The van der Waals surface area contributed by atoms with E-state index in [1.165, 1.54) is 6.26 Å². The molecule has 0 bridgehead atoms. The summed E-state index contributed by atoms with van der Waals surface area (Å²) in [5.74, 6) is 0.426. The Kier molecular flexibility index (Phi) is 3.58. The van der Waals surface area contributed by atoms with E-state index in [1.807, 2.05) is 6.92 Å². The molecule has 8 nitrogen and oxygen atoms in total. The van der Waals surface area contributed by atoms with Gasteiger partial charge in [-0.25, -0.2) is 4.79 Å². The fourth-order valence-corrected chi connectivity index (χ4v) is 2.42. The van der Waals surface area contributed by atoms with Crippen LogP contribution in [0.5, 0.6) is 0 Å². The van der Waals surface area contributed by atoms with Gasteiger partial charge in [-0.1, -0.05) is 0 Å². The molecule has 1 aliphatic rings. The van der Waals surface area contributed by atoms with Crippen LogP contribution in [0.4, 0.5) is 10.6 Å². The molecule has 3 heterocycles. The molecule has 0 unspecified atom stereocenters. The van der Waals surface area contributed by atoms with Gasteiger partial charge in [-0.05, 0) is 19.9 Å². The Bertz CT molecular complexity index is 718. The van der Waals surface area contributed by atoms with Gasteiger partial charge in [0.15, 0.2) is 5.76 Å². The van der Waals surface area contributed by atoms with Crippen LogP contribution in [0, 0.1) is 6.92 Å². The summed E-state index contributed by atoms with van der Waals surface area (Å²) >= 11 is 0. The van der Waals surface area contributed by atoms with Crippen LogP contribution in [-0.4, -0.2) is 33.6 Å². The second-order valence-electron chi connectivity index (χ2n) is 5.10. The fourth-order valence-electron chi connectivity index (χ4n) is 2.42. The predicted octanol–water partition coefficient (Wildman–Crippen LogP) is 1.61. The number of aromatic amines is 1. The molecule has 116 valence electrons. The first-order valence-electron chi connectivity index (χ1n) is 7.04. The average molecular weight is 303 g/mol. The minimum Gasteiger partial charge on any atom is -0.459 e. The van der Waals surface area contributed by atoms with Crippen LogP contribution in [0.3, 0.4) is 0 Å². The average Bonchev–Trinajstić information content (AvgIpc) is 3.16. The van der Waals surface area contributed by atoms with E-state index in [-0.39, 0.29) is 17.7 Å². The monoisotopic (exact) mass is 303 g/mol. The van der Waals surface area contributed by atoms with E-state index in [0.29, 0.717) is 25.5 Å². The molecule has 2 aromatic heterocycles. The highest BCUT2D eigenvalue weighted by Crippen LogP contribution is 2.27. The predicted molar refractivity (Wildman–Crippen MR) is 78.3 cm³/mol. The molecule has 1 aliphatic heterocycles. The largest absolute Gasteiger partial charge is 0.459 e. The van der Waals surface area contributed by atoms with Gasteiger partial charge in [-0.3, -0.25) is 9.89 Å². The van der Waals surface area contributed by atoms with Gasteiger partial charge in [0.2, 0.25) is 0 Å². The number of urea groups is 1. The number of nitrogens with zero attached hydrogens (tertiary/aromatic N) is 2. The summed E-state index contributed by atoms with van der Waals surface area (Å²) in [6, 6.07) is 1.59. The third kappa shape index (κ3) is 2.43. The molecule has 0 saturated heterocycles. The lowest BCUT2D eigenvalue weighted by molar-refractivity contribution is 0.0995. The van der Waals surface area contributed by atoms with Gasteiger partial charge in [-0.15, -0.1) is 0 Å². The van der Waals surface area contributed by atoms with E-state index in [9.17, 15) is 9.59 Å². The lowest BCUT2D eigenvalue weighted by Gasteiger charge is -2.15. The SMILES string of the molecule is CCNC(=O)N1Cc2n[nH]c(NC(=O)c3occc3C)c2C1. The minimum atomic E-state index is -0.342. The molecular formula is C14H17N5O3. The third-order valence-corrected chi connectivity index (χ3v) is 3.56. The number of carbonyl (C=O) groups is 2. The van der Waals surface area contributed by atoms with Crippen molar-refractivity contribution in [2.45, 2.75) is 26.9 Å². The Morgan fingerprint density at radius 3 is 2.95 bits per heavy atom. The second kappa shape index (κ2) is 5.55. The molecule has 0 aliphatic carbocycles. The van der Waals surface area contributed by atoms with Gasteiger partial charge in [0.25, 0.3) is 5.91 Å². The Balaban J connectivity index is 1.73. The van der Waals surface area contributed by atoms with Crippen molar-refractivity contribution in [3.05, 3.63) is 34.9 Å². The molecule has 0 aromatic carbocycles. The van der Waals surface area contributed by atoms with Crippen molar-refractivity contribution < 1.29 is 14.0 Å². The summed E-state index contributed by atoms with van der Waals surface area (Å²) in [4.78, 5) is 25.7. The number of fused-ring (bicyclic) bond motifs is 1. The number of H-pyrrole nitrogens is 1. The van der Waals surface area contributed by atoms with Gasteiger partial charge in [-0.2, -0.15) is 5.10 Å². The molecule has 3 amide bonds. The number of carbonyl (C=O) groups excluding carboxylic acids is 2. The molecule has 0 saturated carbocycles. The molecule has 0 radical (unpaired) electrons. The summed E-state index contributed by atoms with van der Waals surface area (Å²) in [6.07, 6.45) is 1.47. The zero-order valence-corrected chi connectivity index (χ0v) is 12.4. The van der Waals surface area contributed by atoms with Crippen LogP contribution in [-0.2, 0) is 13.1 Å². The Morgan fingerprint density at radius 1 is 1.45 bits per heavy atom. The Morgan fingerprint density at radius 2 is 2.27 bits per heavy atom. The molecule has 0 fully saturated rings. The van der Waals surface area contributed by atoms with Gasteiger partial charge < -0.3 is 20.0 Å². The van der Waals surface area contributed by atoms with Crippen LogP contribution < -0.4 is 10.6 Å². The quantitative estimate of drug-likeness (QED) is 0.801. The summed E-state index contributed by atoms with van der Waals surface area (Å²) in [6.45, 7) is 5.06. The van der Waals surface area contributed by atoms with Gasteiger partial charge >= 0.3 is 6.03 Å². The van der Waals surface area contributed by atoms with E-state index in [0.717, 1.165) is 16.8 Å². The van der Waals surface area contributed by atoms with Crippen molar-refractivity contribution in [2.24, 2.45) is 0 Å². The summed E-state index contributed by atoms with van der Waals surface area (Å²) in [5, 5.41) is 12.4. The molecule has 8 heteroatoms. The van der Waals surface area contributed by atoms with Crippen molar-refractivity contribution in [2.75, 3.05) is 11.9 Å². The maximum Gasteiger partial charge on any atom is 0.318 e. The van der Waals surface area contributed by atoms with Crippen molar-refractivity contribution in [3.63, 3.8) is 0 Å². The fraction of sp³-hybridized carbons (Fsp3) is 0.357. The van der Waals surface area contributed by atoms with Crippen LogP contribution >= 0.6 is 0 Å². The van der Waals surface area contributed by atoms with Crippen molar-refractivity contribution >= 4 is 17.8 Å². The zero-order valence-electron chi connectivity index (χ0n) is 12.4. The van der Waals surface area contributed by atoms with Crippen LogP contribution in [0.2, 0.25) is 0 Å². The number of aromatic nitrogens is 2. The second-order valence-corrected chi connectivity index (χ2v) is 5.10. The van der Waals surface area contributed by atoms with Gasteiger partial charge in [0.05, 0.1) is 25.0 Å². The zero-order chi connectivity index (χ0) is 15.7. The summed E-state index contributed by atoms with van der Waals surface area (Å²) in [5.41, 5.74) is 2.35. The van der Waals surface area contributed by atoms with Crippen LogP contribution in [0.25, 0.3) is 0 Å². The first-order valence-corrected chi connectivity index (χ1v) is 7.04. The number of rotatable bonds is 3. The lowest BCUT2D eigenvalue weighted by Crippen LogP contribution is -2.36. The lowest BCUT2D eigenvalue weighted by atomic mass is 10.2. The molecule has 0 atom stereocenters. The van der Waals surface area contributed by atoms with E-state index < -0.39 is 0 Å². The molecule has 3 rings (SSSR count). The third-order valence-electron chi connectivity index (χ3n) is 3.56. The standard InChI is InChI=1S/C14H17N5O3/c1-3-15-14(21)19-6-9-10(7-19)17-18-12(9)16-13(20)11-8(2)4-5-22-11/h4-5H,3,6-7H2,1-2H3,(H,15,21)(H2,16,17,18,20). The first kappa shape index (κ1) is 14.2. The van der Waals surface area contributed by atoms with Gasteiger partial charge in [0.1, 0.15) is 5.82 Å². The topological polar surface area (TPSA) is 103 Å². The molecule has 22 heavy (non-hydrogen) atoms. The number of nitrogens with one attached hydrogen (secondary N) is 3. The molecule has 2 aromatic rings. The highest BCUT2D eigenvalue weighted by molar-refractivity contribution is 6.03. The number of hydrogen-bond donors (Lipinski definition) is 3. The van der Waals surface area contributed by atoms with E-state index in [1.54, 1.807) is 17.9 Å². The van der Waals surface area contributed by atoms with Crippen molar-refractivity contribution in [1.29, 1.82) is 0 Å². The van der Waals surface area contributed by atoms with E-state index >= 15 is 0 Å². The summed E-state index contributed by atoms with van der Waals surface area (Å²) in [7, 11) is 0. The number of hydrogen-bond acceptors (Lipinski definition) is 4. The van der Waals surface area contributed by atoms with Crippen molar-refractivity contribution in [1.82, 2.24) is 20.4 Å². The highest BCUT2D eigenvalue weighted by Gasteiger charge is 2.29.